The summed E-state index contributed by atoms with van der Waals surface area (Å²) in [6.45, 7) is 4.40. The Labute approximate surface area is 192 Å². The number of thiophene rings is 1. The van der Waals surface area contributed by atoms with E-state index in [9.17, 15) is 4.79 Å². The van der Waals surface area contributed by atoms with E-state index in [1.807, 2.05) is 24.3 Å². The van der Waals surface area contributed by atoms with Crippen LogP contribution >= 0.6 is 11.3 Å². The normalized spacial score (nSPS) is 11.6. The first-order chi connectivity index (χ1) is 15.5. The number of ether oxygens (including phenoxy) is 1. The van der Waals surface area contributed by atoms with Crippen molar-refractivity contribution in [1.29, 1.82) is 0 Å². The molecule has 0 aliphatic heterocycles. The highest BCUT2D eigenvalue weighted by molar-refractivity contribution is 7.17. The largest absolute Gasteiger partial charge is 0.489 e. The van der Waals surface area contributed by atoms with Crippen LogP contribution < -0.4 is 10.5 Å². The van der Waals surface area contributed by atoms with Gasteiger partial charge in [-0.2, -0.15) is 0 Å². The van der Waals surface area contributed by atoms with Gasteiger partial charge in [-0.15, -0.1) is 17.3 Å². The number of hydrogen-bond acceptors (Lipinski definition) is 3. The number of amides is 1. The maximum atomic E-state index is 11.3. The van der Waals surface area contributed by atoms with Crippen molar-refractivity contribution in [3.05, 3.63) is 88.8 Å². The summed E-state index contributed by atoms with van der Waals surface area (Å²) in [5.74, 6) is 6.17. The van der Waals surface area contributed by atoms with E-state index in [0.29, 0.717) is 6.61 Å². The number of hydrogen-bond donors (Lipinski definition) is 1. The molecule has 1 unspecified atom stereocenters. The molecule has 1 amide bonds. The summed E-state index contributed by atoms with van der Waals surface area (Å²) in [6, 6.07) is 22.7. The molecule has 1 heterocycles. The molecule has 0 saturated heterocycles. The molecule has 0 bridgehead atoms. The molecule has 0 aliphatic carbocycles. The fourth-order valence-corrected chi connectivity index (χ4v) is 4.78. The van der Waals surface area contributed by atoms with Gasteiger partial charge in [0, 0.05) is 22.1 Å². The predicted molar refractivity (Wildman–Crippen MR) is 133 cm³/mol. The van der Waals surface area contributed by atoms with Crippen LogP contribution in [-0.2, 0) is 11.4 Å². The van der Waals surface area contributed by atoms with Gasteiger partial charge in [-0.3, -0.25) is 4.79 Å². The summed E-state index contributed by atoms with van der Waals surface area (Å²) in [6.07, 6.45) is 0.213. The van der Waals surface area contributed by atoms with Gasteiger partial charge in [0.15, 0.2) is 0 Å². The lowest BCUT2D eigenvalue weighted by molar-refractivity contribution is -0.118. The van der Waals surface area contributed by atoms with Gasteiger partial charge in [0.1, 0.15) is 12.4 Å². The molecule has 4 rings (SSSR count). The lowest BCUT2D eigenvalue weighted by atomic mass is 9.96. The molecule has 3 aromatic carbocycles. The number of rotatable bonds is 7. The first-order valence-corrected chi connectivity index (χ1v) is 11.4. The van der Waals surface area contributed by atoms with E-state index in [-0.39, 0.29) is 18.2 Å². The monoisotopic (exact) mass is 439 g/mol. The second-order valence-electron chi connectivity index (χ2n) is 7.77. The van der Waals surface area contributed by atoms with Gasteiger partial charge in [-0.25, -0.2) is 0 Å². The topological polar surface area (TPSA) is 52.3 Å². The first-order valence-electron chi connectivity index (χ1n) is 10.5. The van der Waals surface area contributed by atoms with Crippen molar-refractivity contribution in [2.45, 2.75) is 32.8 Å². The van der Waals surface area contributed by atoms with Crippen LogP contribution in [0.2, 0.25) is 0 Å². The number of carbonyl (C=O) groups is 1. The number of fused-ring (bicyclic) bond motifs is 1. The van der Waals surface area contributed by atoms with Crippen LogP contribution in [0.1, 0.15) is 36.0 Å². The zero-order valence-corrected chi connectivity index (χ0v) is 19.0. The summed E-state index contributed by atoms with van der Waals surface area (Å²) in [5.41, 5.74) is 11.3. The molecular weight excluding hydrogens is 414 g/mol. The molecule has 4 aromatic rings. The quantitative estimate of drug-likeness (QED) is 0.337. The molecule has 32 heavy (non-hydrogen) atoms. The van der Waals surface area contributed by atoms with Crippen LogP contribution in [0.15, 0.2) is 72.1 Å². The number of nitrogens with two attached hydrogens (primary N) is 1. The van der Waals surface area contributed by atoms with Gasteiger partial charge in [0.05, 0.1) is 5.92 Å². The van der Waals surface area contributed by atoms with E-state index >= 15 is 0 Å². The summed E-state index contributed by atoms with van der Waals surface area (Å²) in [4.78, 5) is 11.3. The van der Waals surface area contributed by atoms with Crippen molar-refractivity contribution in [3.8, 4) is 28.7 Å². The molecule has 3 nitrogen and oxygen atoms in total. The average molecular weight is 440 g/mol. The van der Waals surface area contributed by atoms with Crippen LogP contribution in [0.3, 0.4) is 0 Å². The maximum absolute atomic E-state index is 11.3. The van der Waals surface area contributed by atoms with Gasteiger partial charge in [-0.1, -0.05) is 48.4 Å². The second-order valence-corrected chi connectivity index (χ2v) is 8.68. The van der Waals surface area contributed by atoms with Gasteiger partial charge in [0.25, 0.3) is 0 Å². The fraction of sp³-hybridized carbons (Fsp3) is 0.179. The smallest absolute Gasteiger partial charge is 0.219 e. The van der Waals surface area contributed by atoms with E-state index in [0.717, 1.165) is 16.9 Å². The molecular formula is C28H25NO2S. The maximum Gasteiger partial charge on any atom is 0.219 e. The van der Waals surface area contributed by atoms with Crippen molar-refractivity contribution in [2.75, 3.05) is 0 Å². The van der Waals surface area contributed by atoms with E-state index in [1.54, 1.807) is 18.3 Å². The van der Waals surface area contributed by atoms with Crippen molar-refractivity contribution >= 4 is 27.3 Å². The summed E-state index contributed by atoms with van der Waals surface area (Å²) in [5, 5.41) is 3.49. The summed E-state index contributed by atoms with van der Waals surface area (Å²) < 4.78 is 7.31. The molecule has 0 radical (unpaired) electrons. The second kappa shape index (κ2) is 9.72. The van der Waals surface area contributed by atoms with Crippen LogP contribution in [0.5, 0.6) is 5.75 Å². The minimum absolute atomic E-state index is 0.188. The van der Waals surface area contributed by atoms with E-state index in [1.165, 1.54) is 26.8 Å². The molecule has 0 aliphatic rings. The minimum Gasteiger partial charge on any atom is -0.489 e. The van der Waals surface area contributed by atoms with Gasteiger partial charge >= 0.3 is 0 Å². The standard InChI is InChI=1S/C28H25NO2S/c1-3-6-22(16-28(29)30)21-10-12-23(13-11-21)31-17-20-9-14-27-25(15-20)26(18-32-27)24-8-5-4-7-19(24)2/h4-5,7-15,18,22H,16-17H2,1-2H3,(H2,29,30). The molecule has 160 valence electrons. The Hall–Kier alpha value is -3.55. The highest BCUT2D eigenvalue weighted by Crippen LogP contribution is 2.36. The fourth-order valence-electron chi connectivity index (χ4n) is 3.84. The molecule has 1 atom stereocenters. The highest BCUT2D eigenvalue weighted by Gasteiger charge is 2.12. The average Bonchev–Trinajstić information content (AvgIpc) is 3.21. The Bertz CT molecular complexity index is 1310. The van der Waals surface area contributed by atoms with E-state index in [4.69, 9.17) is 10.5 Å². The molecule has 0 saturated carbocycles. The zero-order valence-electron chi connectivity index (χ0n) is 18.2. The molecule has 1 aromatic heterocycles. The number of benzene rings is 3. The number of carbonyl (C=O) groups excluding carboxylic acids is 1. The first kappa shape index (κ1) is 21.7. The van der Waals surface area contributed by atoms with Gasteiger partial charge < -0.3 is 10.5 Å². The summed E-state index contributed by atoms with van der Waals surface area (Å²) >= 11 is 1.77. The number of aryl methyl sites for hydroxylation is 1. The molecule has 2 N–H and O–H groups in total. The van der Waals surface area contributed by atoms with Gasteiger partial charge in [-0.05, 0) is 65.7 Å². The van der Waals surface area contributed by atoms with Crippen molar-refractivity contribution in [2.24, 2.45) is 5.73 Å². The molecule has 0 fully saturated rings. The van der Waals surface area contributed by atoms with E-state index in [2.05, 4.69) is 66.6 Å². The summed E-state index contributed by atoms with van der Waals surface area (Å²) in [7, 11) is 0. The highest BCUT2D eigenvalue weighted by atomic mass is 32.1. The minimum atomic E-state index is -0.355. The van der Waals surface area contributed by atoms with Crippen molar-refractivity contribution < 1.29 is 9.53 Å². The van der Waals surface area contributed by atoms with E-state index < -0.39 is 0 Å². The third kappa shape index (κ3) is 4.85. The SMILES string of the molecule is CC#CC(CC(N)=O)c1ccc(OCc2ccc3scc(-c4ccccc4C)c3c2)cc1. The molecule has 0 spiro atoms. The lowest BCUT2D eigenvalue weighted by Gasteiger charge is -2.11. The van der Waals surface area contributed by atoms with Crippen LogP contribution in [0.4, 0.5) is 0 Å². The molecule has 4 heteroatoms. The third-order valence-electron chi connectivity index (χ3n) is 5.48. The van der Waals surface area contributed by atoms with Crippen LogP contribution in [-0.4, -0.2) is 5.91 Å². The Morgan fingerprint density at radius 1 is 1.06 bits per heavy atom. The van der Waals surface area contributed by atoms with Crippen LogP contribution in [0.25, 0.3) is 21.2 Å². The number of primary amides is 1. The lowest BCUT2D eigenvalue weighted by Crippen LogP contribution is -2.14. The van der Waals surface area contributed by atoms with Crippen LogP contribution in [0, 0.1) is 18.8 Å². The zero-order chi connectivity index (χ0) is 22.5. The van der Waals surface area contributed by atoms with Gasteiger partial charge in [0.2, 0.25) is 5.91 Å². The Morgan fingerprint density at radius 3 is 2.56 bits per heavy atom. The third-order valence-corrected chi connectivity index (χ3v) is 6.45. The Kier molecular flexibility index (Phi) is 6.58. The van der Waals surface area contributed by atoms with Crippen molar-refractivity contribution in [3.63, 3.8) is 0 Å². The predicted octanol–water partition coefficient (Wildman–Crippen LogP) is 6.44. The Morgan fingerprint density at radius 2 is 1.84 bits per heavy atom. The van der Waals surface area contributed by atoms with Crippen molar-refractivity contribution in [1.82, 2.24) is 0 Å². The Balaban J connectivity index is 1.51.